The van der Waals surface area contributed by atoms with Gasteiger partial charge in [-0.2, -0.15) is 0 Å². The van der Waals surface area contributed by atoms with Crippen LogP contribution in [0, 0.1) is 0 Å². The summed E-state index contributed by atoms with van der Waals surface area (Å²) in [5.74, 6) is 1.16. The molecule has 4 nitrogen and oxygen atoms in total. The third kappa shape index (κ3) is 5.77. The zero-order valence-corrected chi connectivity index (χ0v) is 18.1. The Bertz CT molecular complexity index is 737. The van der Waals surface area contributed by atoms with Crippen molar-refractivity contribution in [1.29, 1.82) is 0 Å². The Morgan fingerprint density at radius 1 is 1.00 bits per heavy atom. The van der Waals surface area contributed by atoms with Gasteiger partial charge in [-0.05, 0) is 41.8 Å². The van der Waals surface area contributed by atoms with Crippen LogP contribution in [0.15, 0.2) is 36.4 Å². The maximum absolute atomic E-state index is 9.45. The molecule has 0 fully saturated rings. The van der Waals surface area contributed by atoms with Crippen molar-refractivity contribution < 1.29 is 19.7 Å². The summed E-state index contributed by atoms with van der Waals surface area (Å²) in [5.41, 5.74) is 1.71. The number of ether oxygens (including phenoxy) is 2. The molecule has 0 aromatic heterocycles. The number of benzene rings is 2. The molecule has 0 bridgehead atoms. The predicted molar refractivity (Wildman–Crippen MR) is 114 cm³/mol. The van der Waals surface area contributed by atoms with Crippen LogP contribution in [-0.4, -0.2) is 36.1 Å². The van der Waals surface area contributed by atoms with Crippen molar-refractivity contribution >= 4 is 23.2 Å². The van der Waals surface area contributed by atoms with E-state index in [1.165, 1.54) is 0 Å². The van der Waals surface area contributed by atoms with E-state index in [9.17, 15) is 5.11 Å². The van der Waals surface area contributed by atoms with E-state index in [2.05, 4.69) is 20.8 Å². The molecule has 1 atom stereocenters. The molecule has 6 heteroatoms. The summed E-state index contributed by atoms with van der Waals surface area (Å²) in [4.78, 5) is 0. The van der Waals surface area contributed by atoms with E-state index in [-0.39, 0.29) is 12.0 Å². The summed E-state index contributed by atoms with van der Waals surface area (Å²) in [6.07, 6.45) is 1.15. The fourth-order valence-corrected chi connectivity index (χ4v) is 3.36. The number of unbranched alkanes of at least 4 members (excludes halogenated alkanes) is 1. The SMILES string of the molecule is CCCCOc1ccc(C(C)(C)c2cc(Cl)c(OC[C@@H](O)CO)c(Cl)c2)cc1. The van der Waals surface area contributed by atoms with Gasteiger partial charge in [0.15, 0.2) is 5.75 Å². The van der Waals surface area contributed by atoms with Crippen molar-refractivity contribution in [3.05, 3.63) is 57.6 Å². The molecular formula is C22H28Cl2O4. The van der Waals surface area contributed by atoms with Gasteiger partial charge in [0.2, 0.25) is 0 Å². The second-order valence-corrected chi connectivity index (χ2v) is 8.08. The lowest BCUT2D eigenvalue weighted by Crippen LogP contribution is -2.22. The highest BCUT2D eigenvalue weighted by Gasteiger charge is 2.26. The van der Waals surface area contributed by atoms with E-state index in [1.54, 1.807) is 0 Å². The lowest BCUT2D eigenvalue weighted by Gasteiger charge is -2.27. The molecule has 0 spiro atoms. The molecule has 2 N–H and O–H groups in total. The number of rotatable bonds is 10. The van der Waals surface area contributed by atoms with Crippen LogP contribution >= 0.6 is 23.2 Å². The first kappa shape index (κ1) is 22.8. The van der Waals surface area contributed by atoms with Crippen molar-refractivity contribution in [3.63, 3.8) is 0 Å². The summed E-state index contributed by atoms with van der Waals surface area (Å²) in [6.45, 7) is 6.57. The second kappa shape index (κ2) is 10.4. The molecule has 0 radical (unpaired) electrons. The van der Waals surface area contributed by atoms with Crippen LogP contribution in [0.4, 0.5) is 0 Å². The van der Waals surface area contributed by atoms with Crippen LogP contribution < -0.4 is 9.47 Å². The average molecular weight is 427 g/mol. The molecule has 0 saturated carbocycles. The molecule has 2 aromatic rings. The zero-order chi connectivity index (χ0) is 20.7. The van der Waals surface area contributed by atoms with Crippen LogP contribution in [0.25, 0.3) is 0 Å². The Morgan fingerprint density at radius 2 is 1.61 bits per heavy atom. The Labute approximate surface area is 177 Å². The molecule has 2 aromatic carbocycles. The molecule has 0 aliphatic carbocycles. The number of hydrogen-bond acceptors (Lipinski definition) is 4. The first-order chi connectivity index (χ1) is 13.3. The van der Waals surface area contributed by atoms with Gasteiger partial charge < -0.3 is 19.7 Å². The van der Waals surface area contributed by atoms with Gasteiger partial charge in [0, 0.05) is 5.41 Å². The average Bonchev–Trinajstić information content (AvgIpc) is 2.67. The van der Waals surface area contributed by atoms with Gasteiger partial charge in [0.05, 0.1) is 23.3 Å². The highest BCUT2D eigenvalue weighted by atomic mass is 35.5. The normalized spacial score (nSPS) is 12.7. The summed E-state index contributed by atoms with van der Waals surface area (Å²) in [6, 6.07) is 11.7. The van der Waals surface area contributed by atoms with Crippen molar-refractivity contribution in [3.8, 4) is 11.5 Å². The molecule has 0 unspecified atom stereocenters. The monoisotopic (exact) mass is 426 g/mol. The van der Waals surface area contributed by atoms with Gasteiger partial charge in [-0.1, -0.05) is 62.5 Å². The Morgan fingerprint density at radius 3 is 2.14 bits per heavy atom. The molecule has 0 amide bonds. The van der Waals surface area contributed by atoms with Gasteiger partial charge >= 0.3 is 0 Å². The van der Waals surface area contributed by atoms with Crippen LogP contribution in [0.5, 0.6) is 11.5 Å². The minimum Gasteiger partial charge on any atom is -0.494 e. The maximum Gasteiger partial charge on any atom is 0.156 e. The first-order valence-corrected chi connectivity index (χ1v) is 10.2. The molecular weight excluding hydrogens is 399 g/mol. The Kier molecular flexibility index (Phi) is 8.44. The standard InChI is InChI=1S/C22H28Cl2O4/c1-4-5-10-27-18-8-6-15(7-9-18)22(2,3)16-11-19(23)21(20(24)12-16)28-14-17(26)13-25/h6-9,11-12,17,25-26H,4-5,10,13-14H2,1-3H3/t17-/m0/s1. The fourth-order valence-electron chi connectivity index (χ4n) is 2.76. The van der Waals surface area contributed by atoms with Gasteiger partial charge in [-0.15, -0.1) is 0 Å². The summed E-state index contributed by atoms with van der Waals surface area (Å²) < 4.78 is 11.2. The van der Waals surface area contributed by atoms with E-state index < -0.39 is 12.7 Å². The highest BCUT2D eigenvalue weighted by Crippen LogP contribution is 2.40. The Balaban J connectivity index is 2.20. The van der Waals surface area contributed by atoms with Crippen molar-refractivity contribution in [2.75, 3.05) is 19.8 Å². The topological polar surface area (TPSA) is 58.9 Å². The predicted octanol–water partition coefficient (Wildman–Crippen LogP) is 5.23. The van der Waals surface area contributed by atoms with Gasteiger partial charge in [0.1, 0.15) is 18.5 Å². The van der Waals surface area contributed by atoms with Gasteiger partial charge in [-0.3, -0.25) is 0 Å². The molecule has 2 rings (SSSR count). The third-order valence-corrected chi connectivity index (χ3v) is 5.25. The zero-order valence-electron chi connectivity index (χ0n) is 16.5. The summed E-state index contributed by atoms with van der Waals surface area (Å²) >= 11 is 12.8. The van der Waals surface area contributed by atoms with E-state index in [0.717, 1.165) is 36.3 Å². The van der Waals surface area contributed by atoms with E-state index in [0.29, 0.717) is 15.8 Å². The minimum absolute atomic E-state index is 0.0851. The molecule has 154 valence electrons. The van der Waals surface area contributed by atoms with Crippen LogP contribution in [0.1, 0.15) is 44.7 Å². The number of hydrogen-bond donors (Lipinski definition) is 2. The summed E-state index contributed by atoms with van der Waals surface area (Å²) in [5, 5.41) is 19.1. The van der Waals surface area contributed by atoms with E-state index in [4.69, 9.17) is 37.8 Å². The van der Waals surface area contributed by atoms with E-state index in [1.807, 2.05) is 36.4 Å². The summed E-state index contributed by atoms with van der Waals surface area (Å²) in [7, 11) is 0. The van der Waals surface area contributed by atoms with Crippen molar-refractivity contribution in [2.24, 2.45) is 0 Å². The molecule has 0 heterocycles. The quantitative estimate of drug-likeness (QED) is 0.510. The highest BCUT2D eigenvalue weighted by molar-refractivity contribution is 6.37. The fraction of sp³-hybridized carbons (Fsp3) is 0.455. The second-order valence-electron chi connectivity index (χ2n) is 7.27. The Hall–Kier alpha value is -1.46. The largest absolute Gasteiger partial charge is 0.494 e. The van der Waals surface area contributed by atoms with Crippen LogP contribution in [-0.2, 0) is 5.41 Å². The van der Waals surface area contributed by atoms with E-state index >= 15 is 0 Å². The number of halogens is 2. The molecule has 0 aliphatic rings. The minimum atomic E-state index is -0.985. The van der Waals surface area contributed by atoms with Crippen LogP contribution in [0.3, 0.4) is 0 Å². The molecule has 0 saturated heterocycles. The lowest BCUT2D eigenvalue weighted by atomic mass is 9.78. The maximum atomic E-state index is 9.45. The lowest BCUT2D eigenvalue weighted by molar-refractivity contribution is 0.0536. The molecule has 0 aliphatic heterocycles. The van der Waals surface area contributed by atoms with Gasteiger partial charge in [-0.25, -0.2) is 0 Å². The number of aliphatic hydroxyl groups excluding tert-OH is 2. The third-order valence-electron chi connectivity index (χ3n) is 4.69. The van der Waals surface area contributed by atoms with Crippen molar-refractivity contribution in [2.45, 2.75) is 45.1 Å². The molecule has 28 heavy (non-hydrogen) atoms. The van der Waals surface area contributed by atoms with Gasteiger partial charge in [0.25, 0.3) is 0 Å². The smallest absolute Gasteiger partial charge is 0.156 e. The van der Waals surface area contributed by atoms with Crippen LogP contribution in [0.2, 0.25) is 10.0 Å². The number of aliphatic hydroxyl groups is 2. The van der Waals surface area contributed by atoms with Crippen molar-refractivity contribution in [1.82, 2.24) is 0 Å². The first-order valence-electron chi connectivity index (χ1n) is 9.44.